The van der Waals surface area contributed by atoms with Gasteiger partial charge in [0, 0.05) is 6.04 Å². The molecule has 0 aromatic carbocycles. The van der Waals surface area contributed by atoms with Crippen molar-refractivity contribution >= 4 is 0 Å². The molecular weight excluding hydrogens is 186 g/mol. The van der Waals surface area contributed by atoms with Crippen molar-refractivity contribution in [1.82, 2.24) is 10.2 Å². The van der Waals surface area contributed by atoms with E-state index in [-0.39, 0.29) is 6.04 Å². The van der Waals surface area contributed by atoms with E-state index in [4.69, 9.17) is 5.26 Å². The van der Waals surface area contributed by atoms with Crippen molar-refractivity contribution in [2.24, 2.45) is 0 Å². The van der Waals surface area contributed by atoms with Crippen molar-refractivity contribution in [3.63, 3.8) is 0 Å². The Bertz CT molecular complexity index is 184. The van der Waals surface area contributed by atoms with Gasteiger partial charge in [-0.05, 0) is 53.2 Å². The fourth-order valence-electron chi connectivity index (χ4n) is 1.30. The molecule has 15 heavy (non-hydrogen) atoms. The Balaban J connectivity index is 3.36. The number of unbranched alkanes of at least 4 members (excludes halogenated alkanes) is 1. The third-order valence-electron chi connectivity index (χ3n) is 2.77. The molecular formula is C12H25N3. The summed E-state index contributed by atoms with van der Waals surface area (Å²) >= 11 is 0. The Morgan fingerprint density at radius 3 is 2.47 bits per heavy atom. The lowest BCUT2D eigenvalue weighted by Gasteiger charge is -2.20. The normalized spacial score (nSPS) is 13.1. The summed E-state index contributed by atoms with van der Waals surface area (Å²) < 4.78 is 0. The minimum Gasteiger partial charge on any atom is -0.304 e. The average molecular weight is 211 g/mol. The van der Waals surface area contributed by atoms with Gasteiger partial charge in [0.15, 0.2) is 0 Å². The van der Waals surface area contributed by atoms with Crippen LogP contribution in [-0.2, 0) is 0 Å². The lowest BCUT2D eigenvalue weighted by molar-refractivity contribution is 0.267. The van der Waals surface area contributed by atoms with Gasteiger partial charge in [0.1, 0.15) is 0 Å². The molecule has 3 nitrogen and oxygen atoms in total. The van der Waals surface area contributed by atoms with Gasteiger partial charge in [-0.1, -0.05) is 6.92 Å². The molecule has 1 N–H and O–H groups in total. The van der Waals surface area contributed by atoms with Gasteiger partial charge >= 0.3 is 0 Å². The maximum Gasteiger partial charge on any atom is 0.0950 e. The Kier molecular flexibility index (Phi) is 8.35. The Labute approximate surface area is 94.5 Å². The highest BCUT2D eigenvalue weighted by Crippen LogP contribution is 1.98. The minimum absolute atomic E-state index is 0.0350. The molecule has 1 atom stereocenters. The predicted molar refractivity (Wildman–Crippen MR) is 64.7 cm³/mol. The largest absolute Gasteiger partial charge is 0.304 e. The van der Waals surface area contributed by atoms with E-state index in [2.05, 4.69) is 37.2 Å². The predicted octanol–water partition coefficient (Wildman–Crippen LogP) is 2.00. The highest BCUT2D eigenvalue weighted by molar-refractivity contribution is 4.87. The summed E-state index contributed by atoms with van der Waals surface area (Å²) in [5.74, 6) is 0. The third-order valence-corrected chi connectivity index (χ3v) is 2.77. The number of hydrogen-bond acceptors (Lipinski definition) is 3. The first-order valence-electron chi connectivity index (χ1n) is 5.95. The summed E-state index contributed by atoms with van der Waals surface area (Å²) in [4.78, 5) is 2.35. The number of nitriles is 1. The van der Waals surface area contributed by atoms with Gasteiger partial charge in [0.05, 0.1) is 12.1 Å². The summed E-state index contributed by atoms with van der Waals surface area (Å²) in [5, 5.41) is 12.0. The van der Waals surface area contributed by atoms with Crippen LogP contribution in [0.2, 0.25) is 0 Å². The SMILES string of the molecule is CCC(C#N)NCCCCN(C)C(C)C. The second-order valence-electron chi connectivity index (χ2n) is 4.33. The number of hydrogen-bond donors (Lipinski definition) is 1. The highest BCUT2D eigenvalue weighted by Gasteiger charge is 2.03. The number of rotatable bonds is 8. The quantitative estimate of drug-likeness (QED) is 0.624. The zero-order valence-electron chi connectivity index (χ0n) is 10.6. The van der Waals surface area contributed by atoms with Crippen molar-refractivity contribution < 1.29 is 0 Å². The van der Waals surface area contributed by atoms with Crippen molar-refractivity contribution in [2.75, 3.05) is 20.1 Å². The molecule has 3 heteroatoms. The molecule has 0 saturated carbocycles. The van der Waals surface area contributed by atoms with Crippen molar-refractivity contribution in [3.05, 3.63) is 0 Å². The molecule has 0 rings (SSSR count). The van der Waals surface area contributed by atoms with Gasteiger partial charge in [0.25, 0.3) is 0 Å². The fraction of sp³-hybridized carbons (Fsp3) is 0.917. The Morgan fingerprint density at radius 1 is 1.33 bits per heavy atom. The van der Waals surface area contributed by atoms with E-state index < -0.39 is 0 Å². The number of nitrogens with zero attached hydrogens (tertiary/aromatic N) is 2. The van der Waals surface area contributed by atoms with Crippen LogP contribution in [0.25, 0.3) is 0 Å². The molecule has 0 spiro atoms. The van der Waals surface area contributed by atoms with E-state index >= 15 is 0 Å². The molecule has 0 amide bonds. The van der Waals surface area contributed by atoms with Crippen LogP contribution >= 0.6 is 0 Å². The topological polar surface area (TPSA) is 39.1 Å². The van der Waals surface area contributed by atoms with Crippen LogP contribution in [0.3, 0.4) is 0 Å². The molecule has 0 aliphatic carbocycles. The molecule has 0 saturated heterocycles. The van der Waals surface area contributed by atoms with Crippen molar-refractivity contribution in [2.45, 2.75) is 52.1 Å². The maximum atomic E-state index is 8.72. The van der Waals surface area contributed by atoms with Gasteiger partial charge < -0.3 is 10.2 Å². The molecule has 0 aliphatic rings. The summed E-state index contributed by atoms with van der Waals surface area (Å²) in [6.45, 7) is 8.55. The minimum atomic E-state index is 0.0350. The van der Waals surface area contributed by atoms with Crippen LogP contribution in [-0.4, -0.2) is 37.1 Å². The van der Waals surface area contributed by atoms with E-state index in [0.717, 1.165) is 25.9 Å². The van der Waals surface area contributed by atoms with E-state index in [1.807, 2.05) is 6.92 Å². The highest BCUT2D eigenvalue weighted by atomic mass is 15.1. The smallest absolute Gasteiger partial charge is 0.0950 e. The fourth-order valence-corrected chi connectivity index (χ4v) is 1.30. The standard InChI is InChI=1S/C12H25N3/c1-5-12(10-13)14-8-6-7-9-15(4)11(2)3/h11-12,14H,5-9H2,1-4H3. The average Bonchev–Trinajstić information content (AvgIpc) is 2.23. The zero-order chi connectivity index (χ0) is 11.7. The van der Waals surface area contributed by atoms with Gasteiger partial charge in [-0.2, -0.15) is 5.26 Å². The molecule has 0 heterocycles. The number of nitrogens with one attached hydrogen (secondary N) is 1. The van der Waals surface area contributed by atoms with Crippen LogP contribution in [0.15, 0.2) is 0 Å². The Morgan fingerprint density at radius 2 is 2.00 bits per heavy atom. The van der Waals surface area contributed by atoms with E-state index in [1.165, 1.54) is 6.42 Å². The zero-order valence-corrected chi connectivity index (χ0v) is 10.6. The monoisotopic (exact) mass is 211 g/mol. The van der Waals surface area contributed by atoms with Crippen LogP contribution in [0.1, 0.15) is 40.0 Å². The van der Waals surface area contributed by atoms with E-state index in [9.17, 15) is 0 Å². The first kappa shape index (κ1) is 14.4. The second kappa shape index (κ2) is 8.70. The molecule has 0 radical (unpaired) electrons. The lowest BCUT2D eigenvalue weighted by atomic mass is 10.2. The van der Waals surface area contributed by atoms with Gasteiger partial charge in [-0.25, -0.2) is 0 Å². The molecule has 1 unspecified atom stereocenters. The van der Waals surface area contributed by atoms with Crippen molar-refractivity contribution in [1.29, 1.82) is 5.26 Å². The second-order valence-corrected chi connectivity index (χ2v) is 4.33. The van der Waals surface area contributed by atoms with E-state index in [0.29, 0.717) is 6.04 Å². The third kappa shape index (κ3) is 7.35. The molecule has 88 valence electrons. The maximum absolute atomic E-state index is 8.72. The molecule has 0 bridgehead atoms. The van der Waals surface area contributed by atoms with Crippen LogP contribution in [0.4, 0.5) is 0 Å². The van der Waals surface area contributed by atoms with Gasteiger partial charge in [-0.3, -0.25) is 0 Å². The molecule has 0 aliphatic heterocycles. The summed E-state index contributed by atoms with van der Waals surface area (Å²) in [5.41, 5.74) is 0. The van der Waals surface area contributed by atoms with Gasteiger partial charge in [0.2, 0.25) is 0 Å². The summed E-state index contributed by atoms with van der Waals surface area (Å²) in [7, 11) is 2.15. The summed E-state index contributed by atoms with van der Waals surface area (Å²) in [6.07, 6.45) is 3.24. The van der Waals surface area contributed by atoms with Crippen molar-refractivity contribution in [3.8, 4) is 6.07 Å². The molecule has 0 aromatic heterocycles. The first-order chi connectivity index (χ1) is 7.11. The first-order valence-corrected chi connectivity index (χ1v) is 5.95. The van der Waals surface area contributed by atoms with Crippen LogP contribution in [0.5, 0.6) is 0 Å². The molecule has 0 fully saturated rings. The van der Waals surface area contributed by atoms with E-state index in [1.54, 1.807) is 0 Å². The Hall–Kier alpha value is -0.590. The lowest BCUT2D eigenvalue weighted by Crippen LogP contribution is -2.30. The van der Waals surface area contributed by atoms with Crippen LogP contribution in [0, 0.1) is 11.3 Å². The van der Waals surface area contributed by atoms with Crippen LogP contribution < -0.4 is 5.32 Å². The summed E-state index contributed by atoms with van der Waals surface area (Å²) in [6, 6.07) is 2.91. The van der Waals surface area contributed by atoms with Gasteiger partial charge in [-0.15, -0.1) is 0 Å². The molecule has 0 aromatic rings.